The average molecular weight is 459 g/mol. The van der Waals surface area contributed by atoms with Gasteiger partial charge < -0.3 is 0 Å². The molecule has 0 N–H and O–H groups in total. The van der Waals surface area contributed by atoms with Crippen molar-refractivity contribution in [1.29, 1.82) is 0 Å². The standard InChI is InChI=1S/C24H15F6N3/c1-14-6-8-31-19(10-14)21-11-16(15-2-4-17(5-3-15)23(25,26)27)12-22(33-21)20-13-18(7-9-32-20)24(28,29)30/h2-13H,1H3. The third-order valence-corrected chi connectivity index (χ3v) is 4.90. The van der Waals surface area contributed by atoms with Crippen LogP contribution in [0.4, 0.5) is 26.3 Å². The van der Waals surface area contributed by atoms with Crippen LogP contribution in [0.25, 0.3) is 33.9 Å². The molecule has 0 aliphatic carbocycles. The third-order valence-electron chi connectivity index (χ3n) is 4.90. The first-order chi connectivity index (χ1) is 15.5. The molecular formula is C24H15F6N3. The average Bonchev–Trinajstić information content (AvgIpc) is 2.78. The first kappa shape index (κ1) is 22.4. The molecule has 1 aromatic carbocycles. The highest BCUT2D eigenvalue weighted by atomic mass is 19.4. The minimum absolute atomic E-state index is 0.0208. The van der Waals surface area contributed by atoms with Crippen molar-refractivity contribution in [3.8, 4) is 33.9 Å². The maximum absolute atomic E-state index is 13.2. The summed E-state index contributed by atoms with van der Waals surface area (Å²) in [4.78, 5) is 12.7. The molecule has 3 aromatic heterocycles. The summed E-state index contributed by atoms with van der Waals surface area (Å²) in [5.41, 5.74) is 1.04. The van der Waals surface area contributed by atoms with Gasteiger partial charge >= 0.3 is 12.4 Å². The number of hydrogen-bond acceptors (Lipinski definition) is 3. The first-order valence-electron chi connectivity index (χ1n) is 9.67. The molecule has 9 heteroatoms. The molecule has 0 saturated carbocycles. The van der Waals surface area contributed by atoms with Crippen LogP contribution >= 0.6 is 0 Å². The van der Waals surface area contributed by atoms with Gasteiger partial charge in [-0.15, -0.1) is 0 Å². The smallest absolute Gasteiger partial charge is 0.255 e. The van der Waals surface area contributed by atoms with Crippen molar-refractivity contribution < 1.29 is 26.3 Å². The van der Waals surface area contributed by atoms with E-state index in [2.05, 4.69) is 15.0 Å². The number of alkyl halides is 6. The molecule has 4 rings (SSSR count). The fourth-order valence-electron chi connectivity index (χ4n) is 3.23. The number of pyridine rings is 3. The van der Waals surface area contributed by atoms with E-state index in [9.17, 15) is 26.3 Å². The summed E-state index contributed by atoms with van der Waals surface area (Å²) in [5, 5.41) is 0. The maximum Gasteiger partial charge on any atom is 0.416 e. The molecule has 3 heterocycles. The summed E-state index contributed by atoms with van der Waals surface area (Å²) in [7, 11) is 0. The molecule has 0 fully saturated rings. The zero-order valence-corrected chi connectivity index (χ0v) is 17.0. The lowest BCUT2D eigenvalue weighted by Gasteiger charge is -2.12. The second-order valence-corrected chi connectivity index (χ2v) is 7.35. The molecule has 0 amide bonds. The van der Waals surface area contributed by atoms with E-state index in [0.29, 0.717) is 22.5 Å². The van der Waals surface area contributed by atoms with Gasteiger partial charge in [0.2, 0.25) is 0 Å². The molecular weight excluding hydrogens is 444 g/mol. The van der Waals surface area contributed by atoms with Crippen LogP contribution < -0.4 is 0 Å². The van der Waals surface area contributed by atoms with Gasteiger partial charge in [0, 0.05) is 12.4 Å². The van der Waals surface area contributed by atoms with Crippen LogP contribution in [0.15, 0.2) is 73.1 Å². The molecule has 0 bridgehead atoms. The van der Waals surface area contributed by atoms with Gasteiger partial charge in [0.05, 0.1) is 33.9 Å². The number of aryl methyl sites for hydroxylation is 1. The Morgan fingerprint density at radius 2 is 1.09 bits per heavy atom. The Morgan fingerprint density at radius 3 is 1.64 bits per heavy atom. The van der Waals surface area contributed by atoms with Gasteiger partial charge in [-0.3, -0.25) is 9.97 Å². The predicted molar refractivity (Wildman–Crippen MR) is 111 cm³/mol. The fourth-order valence-corrected chi connectivity index (χ4v) is 3.23. The Morgan fingerprint density at radius 1 is 0.545 bits per heavy atom. The van der Waals surface area contributed by atoms with Crippen molar-refractivity contribution in [3.63, 3.8) is 0 Å². The fraction of sp³-hybridized carbons (Fsp3) is 0.125. The minimum atomic E-state index is -4.57. The SMILES string of the molecule is Cc1ccnc(-c2cc(-c3ccc(C(F)(F)F)cc3)cc(-c3cc(C(F)(F)F)ccn3)n2)c1. The third kappa shape index (κ3) is 5.02. The van der Waals surface area contributed by atoms with Gasteiger partial charge in [0.15, 0.2) is 0 Å². The van der Waals surface area contributed by atoms with Crippen molar-refractivity contribution in [2.24, 2.45) is 0 Å². The Balaban J connectivity index is 1.88. The van der Waals surface area contributed by atoms with Gasteiger partial charge in [-0.1, -0.05) is 12.1 Å². The van der Waals surface area contributed by atoms with E-state index in [1.165, 1.54) is 18.2 Å². The van der Waals surface area contributed by atoms with Crippen LogP contribution in [-0.2, 0) is 12.4 Å². The summed E-state index contributed by atoms with van der Waals surface area (Å²) < 4.78 is 78.4. The summed E-state index contributed by atoms with van der Waals surface area (Å²) in [5.74, 6) is 0. The molecule has 3 nitrogen and oxygen atoms in total. The zero-order valence-electron chi connectivity index (χ0n) is 17.0. The normalized spacial score (nSPS) is 12.1. The molecule has 0 unspecified atom stereocenters. The summed E-state index contributed by atoms with van der Waals surface area (Å²) in [6, 6.07) is 12.9. The van der Waals surface area contributed by atoms with E-state index in [-0.39, 0.29) is 11.4 Å². The van der Waals surface area contributed by atoms with E-state index in [1.54, 1.807) is 24.4 Å². The molecule has 0 spiro atoms. The van der Waals surface area contributed by atoms with Gasteiger partial charge in [-0.2, -0.15) is 26.3 Å². The largest absolute Gasteiger partial charge is 0.416 e. The van der Waals surface area contributed by atoms with Crippen LogP contribution in [-0.4, -0.2) is 15.0 Å². The van der Waals surface area contributed by atoms with Crippen LogP contribution in [0.2, 0.25) is 0 Å². The lowest BCUT2D eigenvalue weighted by Crippen LogP contribution is -2.05. The van der Waals surface area contributed by atoms with E-state index >= 15 is 0 Å². The van der Waals surface area contributed by atoms with Crippen molar-refractivity contribution >= 4 is 0 Å². The zero-order chi connectivity index (χ0) is 23.8. The van der Waals surface area contributed by atoms with Crippen LogP contribution in [0.3, 0.4) is 0 Å². The summed E-state index contributed by atoms with van der Waals surface area (Å²) in [6.07, 6.45) is -6.45. The number of aromatic nitrogens is 3. The topological polar surface area (TPSA) is 38.7 Å². The molecule has 0 saturated heterocycles. The number of benzene rings is 1. The predicted octanol–water partition coefficient (Wildman–Crippen LogP) is 7.22. The second kappa shape index (κ2) is 8.31. The second-order valence-electron chi connectivity index (χ2n) is 7.35. The van der Waals surface area contributed by atoms with Crippen LogP contribution in [0.1, 0.15) is 16.7 Å². The van der Waals surface area contributed by atoms with Crippen molar-refractivity contribution in [3.05, 3.63) is 89.7 Å². The Labute approximate surface area is 184 Å². The minimum Gasteiger partial charge on any atom is -0.255 e. The molecule has 0 aliphatic heterocycles. The highest BCUT2D eigenvalue weighted by Crippen LogP contribution is 2.35. The summed E-state index contributed by atoms with van der Waals surface area (Å²) in [6.45, 7) is 1.85. The quantitative estimate of drug-likeness (QED) is 0.304. The van der Waals surface area contributed by atoms with E-state index < -0.39 is 23.5 Å². The Hall–Kier alpha value is -3.75. The maximum atomic E-state index is 13.2. The lowest BCUT2D eigenvalue weighted by molar-refractivity contribution is -0.138. The van der Waals surface area contributed by atoms with Crippen molar-refractivity contribution in [1.82, 2.24) is 15.0 Å². The van der Waals surface area contributed by atoms with Gasteiger partial charge in [0.1, 0.15) is 0 Å². The Bertz CT molecular complexity index is 1290. The molecule has 33 heavy (non-hydrogen) atoms. The summed E-state index contributed by atoms with van der Waals surface area (Å²) >= 11 is 0. The van der Waals surface area contributed by atoms with Gasteiger partial charge in [0.25, 0.3) is 0 Å². The highest BCUT2D eigenvalue weighted by molar-refractivity contribution is 5.75. The van der Waals surface area contributed by atoms with E-state index in [4.69, 9.17) is 0 Å². The molecule has 0 atom stereocenters. The molecule has 0 radical (unpaired) electrons. The monoisotopic (exact) mass is 459 g/mol. The number of halogens is 6. The Kier molecular flexibility index (Phi) is 5.65. The van der Waals surface area contributed by atoms with E-state index in [0.717, 1.165) is 36.0 Å². The van der Waals surface area contributed by atoms with Gasteiger partial charge in [-0.25, -0.2) is 4.98 Å². The molecule has 0 aliphatic rings. The lowest BCUT2D eigenvalue weighted by atomic mass is 10.0. The number of nitrogens with zero attached hydrogens (tertiary/aromatic N) is 3. The van der Waals surface area contributed by atoms with Crippen LogP contribution in [0, 0.1) is 6.92 Å². The van der Waals surface area contributed by atoms with Crippen molar-refractivity contribution in [2.45, 2.75) is 19.3 Å². The van der Waals surface area contributed by atoms with Gasteiger partial charge in [-0.05, 0) is 72.1 Å². The van der Waals surface area contributed by atoms with E-state index in [1.807, 2.05) is 6.92 Å². The molecule has 4 aromatic rings. The van der Waals surface area contributed by atoms with Crippen molar-refractivity contribution in [2.75, 3.05) is 0 Å². The molecule has 168 valence electrons. The first-order valence-corrected chi connectivity index (χ1v) is 9.67. The number of rotatable bonds is 3. The van der Waals surface area contributed by atoms with Crippen LogP contribution in [0.5, 0.6) is 0 Å². The number of hydrogen-bond donors (Lipinski definition) is 0. The highest BCUT2D eigenvalue weighted by Gasteiger charge is 2.31.